The maximum atomic E-state index is 4.81. The van der Waals surface area contributed by atoms with Gasteiger partial charge in [0.05, 0.1) is 17.1 Å². The second-order valence-electron chi connectivity index (χ2n) is 6.85. The Kier molecular flexibility index (Phi) is 4.65. The van der Waals surface area contributed by atoms with E-state index in [4.69, 9.17) is 4.98 Å². The highest BCUT2D eigenvalue weighted by Crippen LogP contribution is 2.26. The van der Waals surface area contributed by atoms with E-state index in [2.05, 4.69) is 34.2 Å². The van der Waals surface area contributed by atoms with Crippen LogP contribution < -0.4 is 4.90 Å². The predicted molar refractivity (Wildman–Crippen MR) is 109 cm³/mol. The van der Waals surface area contributed by atoms with Gasteiger partial charge in [-0.1, -0.05) is 18.2 Å². The van der Waals surface area contributed by atoms with Gasteiger partial charge in [-0.05, 0) is 37.6 Å². The van der Waals surface area contributed by atoms with E-state index in [1.165, 1.54) is 0 Å². The van der Waals surface area contributed by atoms with E-state index < -0.39 is 0 Å². The Hall–Kier alpha value is -3.48. The van der Waals surface area contributed by atoms with Gasteiger partial charge in [0.2, 0.25) is 5.95 Å². The lowest BCUT2D eigenvalue weighted by molar-refractivity contribution is 0.731. The Labute approximate surface area is 164 Å². The van der Waals surface area contributed by atoms with E-state index >= 15 is 0 Å². The molecule has 0 aliphatic rings. The predicted octanol–water partition coefficient (Wildman–Crippen LogP) is 3.32. The molecule has 4 aromatic rings. The molecule has 0 unspecified atom stereocenters. The van der Waals surface area contributed by atoms with Crippen molar-refractivity contribution in [1.82, 2.24) is 29.5 Å². The van der Waals surface area contributed by atoms with Crippen LogP contribution in [0.1, 0.15) is 17.0 Å². The normalized spacial score (nSPS) is 11.0. The van der Waals surface area contributed by atoms with E-state index in [0.717, 1.165) is 33.9 Å². The molecule has 3 aromatic heterocycles. The fourth-order valence-electron chi connectivity index (χ4n) is 3.42. The highest BCUT2D eigenvalue weighted by molar-refractivity contribution is 5.65. The molecule has 4 rings (SSSR count). The third-order valence-electron chi connectivity index (χ3n) is 4.90. The van der Waals surface area contributed by atoms with Crippen LogP contribution in [0.3, 0.4) is 0 Å². The molecular weight excluding hydrogens is 350 g/mol. The molecule has 0 spiro atoms. The first-order chi connectivity index (χ1) is 13.5. The minimum Gasteiger partial charge on any atom is -0.339 e. The summed E-state index contributed by atoms with van der Waals surface area (Å²) in [4.78, 5) is 11.3. The van der Waals surface area contributed by atoms with Crippen molar-refractivity contribution in [3.05, 3.63) is 71.9 Å². The number of aryl methyl sites for hydroxylation is 2. The standard InChI is InChI=1S/C21H23N7/c1-15-20(16(2)27(4)25-15)18-10-12-22-21(24-18)26(3)14-17-8-5-6-9-19(17)28-13-7-11-23-28/h5-13H,14H2,1-4H3. The Morgan fingerprint density at radius 1 is 1.04 bits per heavy atom. The zero-order valence-electron chi connectivity index (χ0n) is 16.5. The van der Waals surface area contributed by atoms with E-state index in [-0.39, 0.29) is 0 Å². The van der Waals surface area contributed by atoms with Gasteiger partial charge in [0.25, 0.3) is 0 Å². The van der Waals surface area contributed by atoms with Crippen molar-refractivity contribution >= 4 is 5.95 Å². The maximum absolute atomic E-state index is 4.81. The number of aromatic nitrogens is 6. The van der Waals surface area contributed by atoms with Crippen molar-refractivity contribution in [3.8, 4) is 16.9 Å². The van der Waals surface area contributed by atoms with Crippen LogP contribution in [0.2, 0.25) is 0 Å². The van der Waals surface area contributed by atoms with Crippen molar-refractivity contribution in [3.63, 3.8) is 0 Å². The molecular formula is C21H23N7. The molecule has 7 heteroatoms. The van der Waals surface area contributed by atoms with Crippen LogP contribution in [-0.4, -0.2) is 36.6 Å². The summed E-state index contributed by atoms with van der Waals surface area (Å²) in [6, 6.07) is 12.1. The zero-order chi connectivity index (χ0) is 19.7. The molecule has 7 nitrogen and oxygen atoms in total. The Bertz CT molecular complexity index is 1100. The Balaban J connectivity index is 1.65. The van der Waals surface area contributed by atoms with Gasteiger partial charge in [0, 0.05) is 50.5 Å². The van der Waals surface area contributed by atoms with E-state index in [1.54, 1.807) is 12.4 Å². The summed E-state index contributed by atoms with van der Waals surface area (Å²) in [6.45, 7) is 4.74. The molecule has 0 fully saturated rings. The zero-order valence-corrected chi connectivity index (χ0v) is 16.5. The largest absolute Gasteiger partial charge is 0.339 e. The van der Waals surface area contributed by atoms with Gasteiger partial charge in [-0.15, -0.1) is 0 Å². The van der Waals surface area contributed by atoms with Crippen molar-refractivity contribution < 1.29 is 0 Å². The topological polar surface area (TPSA) is 64.7 Å². The third kappa shape index (κ3) is 3.26. The van der Waals surface area contributed by atoms with Crippen LogP contribution in [0.25, 0.3) is 16.9 Å². The fraction of sp³-hybridized carbons (Fsp3) is 0.238. The van der Waals surface area contributed by atoms with Crippen molar-refractivity contribution in [2.24, 2.45) is 7.05 Å². The molecule has 0 saturated heterocycles. The van der Waals surface area contributed by atoms with Gasteiger partial charge >= 0.3 is 0 Å². The molecule has 0 radical (unpaired) electrons. The maximum Gasteiger partial charge on any atom is 0.225 e. The van der Waals surface area contributed by atoms with Gasteiger partial charge in [-0.3, -0.25) is 4.68 Å². The molecule has 0 N–H and O–H groups in total. The fourth-order valence-corrected chi connectivity index (χ4v) is 3.42. The average molecular weight is 373 g/mol. The summed E-state index contributed by atoms with van der Waals surface area (Å²) < 4.78 is 3.76. The molecule has 0 aliphatic carbocycles. The third-order valence-corrected chi connectivity index (χ3v) is 4.90. The summed E-state index contributed by atoms with van der Waals surface area (Å²) in [6.07, 6.45) is 5.54. The van der Waals surface area contributed by atoms with Crippen molar-refractivity contribution in [2.45, 2.75) is 20.4 Å². The number of hydrogen-bond acceptors (Lipinski definition) is 5. The van der Waals surface area contributed by atoms with Gasteiger partial charge in [-0.25, -0.2) is 14.6 Å². The average Bonchev–Trinajstić information content (AvgIpc) is 3.31. The second kappa shape index (κ2) is 7.26. The second-order valence-corrected chi connectivity index (χ2v) is 6.85. The molecule has 1 aromatic carbocycles. The molecule has 142 valence electrons. The number of nitrogens with zero attached hydrogens (tertiary/aromatic N) is 7. The van der Waals surface area contributed by atoms with Gasteiger partial charge in [0.15, 0.2) is 0 Å². The van der Waals surface area contributed by atoms with Crippen LogP contribution in [0.15, 0.2) is 55.0 Å². The Morgan fingerprint density at radius 2 is 1.86 bits per heavy atom. The summed E-state index contributed by atoms with van der Waals surface area (Å²) in [5.74, 6) is 0.676. The number of benzene rings is 1. The van der Waals surface area contributed by atoms with Crippen molar-refractivity contribution in [2.75, 3.05) is 11.9 Å². The lowest BCUT2D eigenvalue weighted by Crippen LogP contribution is -2.20. The molecule has 3 heterocycles. The highest BCUT2D eigenvalue weighted by Gasteiger charge is 2.15. The van der Waals surface area contributed by atoms with Crippen LogP contribution in [0.4, 0.5) is 5.95 Å². The Morgan fingerprint density at radius 3 is 2.57 bits per heavy atom. The number of rotatable bonds is 5. The van der Waals surface area contributed by atoms with Gasteiger partial charge in [-0.2, -0.15) is 10.2 Å². The van der Waals surface area contributed by atoms with Crippen LogP contribution >= 0.6 is 0 Å². The van der Waals surface area contributed by atoms with E-state index in [9.17, 15) is 0 Å². The summed E-state index contributed by atoms with van der Waals surface area (Å²) >= 11 is 0. The first kappa shape index (κ1) is 17.9. The minimum absolute atomic E-state index is 0.671. The quantitative estimate of drug-likeness (QED) is 0.537. The number of hydrogen-bond donors (Lipinski definition) is 0. The van der Waals surface area contributed by atoms with E-state index in [0.29, 0.717) is 12.5 Å². The van der Waals surface area contributed by atoms with Crippen molar-refractivity contribution in [1.29, 1.82) is 0 Å². The molecule has 0 saturated carbocycles. The van der Waals surface area contributed by atoms with E-state index in [1.807, 2.05) is 65.7 Å². The first-order valence-corrected chi connectivity index (χ1v) is 9.17. The molecule has 0 bridgehead atoms. The SMILES string of the molecule is Cc1nn(C)c(C)c1-c1ccnc(N(C)Cc2ccccc2-n2cccn2)n1. The number of anilines is 1. The molecule has 28 heavy (non-hydrogen) atoms. The highest BCUT2D eigenvalue weighted by atomic mass is 15.3. The molecule has 0 aliphatic heterocycles. The smallest absolute Gasteiger partial charge is 0.225 e. The van der Waals surface area contributed by atoms with Gasteiger partial charge < -0.3 is 4.90 Å². The summed E-state index contributed by atoms with van der Waals surface area (Å²) in [7, 11) is 3.95. The van der Waals surface area contributed by atoms with Crippen LogP contribution in [0, 0.1) is 13.8 Å². The molecule has 0 atom stereocenters. The molecule has 0 amide bonds. The summed E-state index contributed by atoms with van der Waals surface area (Å²) in [5, 5.41) is 8.86. The first-order valence-electron chi connectivity index (χ1n) is 9.17. The van der Waals surface area contributed by atoms with Gasteiger partial charge in [0.1, 0.15) is 0 Å². The lowest BCUT2D eigenvalue weighted by Gasteiger charge is -2.19. The lowest BCUT2D eigenvalue weighted by atomic mass is 10.1. The minimum atomic E-state index is 0.671. The number of para-hydroxylation sites is 1. The van der Waals surface area contributed by atoms with Crippen LogP contribution in [0.5, 0.6) is 0 Å². The van der Waals surface area contributed by atoms with Crippen LogP contribution in [-0.2, 0) is 13.6 Å². The summed E-state index contributed by atoms with van der Waals surface area (Å²) in [5.41, 5.74) is 6.22. The monoisotopic (exact) mass is 373 g/mol.